The molecule has 0 spiro atoms. The highest BCUT2D eigenvalue weighted by atomic mass is 16.3. The van der Waals surface area contributed by atoms with Crippen LogP contribution in [-0.2, 0) is 14.4 Å². The van der Waals surface area contributed by atoms with Crippen LogP contribution in [0.15, 0.2) is 0 Å². The monoisotopic (exact) mass is 604 g/mol. The molecule has 7 unspecified atom stereocenters. The number of carbonyl (C=O) groups excluding carboxylic acids is 3. The summed E-state index contributed by atoms with van der Waals surface area (Å²) in [5.41, 5.74) is 17.2. The number of carbonyl (C=O) groups is 3. The SMILES string of the molecule is C[C@H](CCCO)C1CC[C@H]2C3[C@H](NC(=O)CCN)CC4CC(NC(=O)CCN)CCC4(C)[C@H]3CC(NC(=O)CCN)C12C. The van der Waals surface area contributed by atoms with Crippen LogP contribution in [-0.4, -0.2) is 67.2 Å². The van der Waals surface area contributed by atoms with E-state index < -0.39 is 0 Å². The number of hydrogen-bond donors (Lipinski definition) is 7. The highest BCUT2D eigenvalue weighted by molar-refractivity contribution is 5.77. The van der Waals surface area contributed by atoms with Gasteiger partial charge in [0.05, 0.1) is 0 Å². The van der Waals surface area contributed by atoms with Crippen molar-refractivity contribution in [1.82, 2.24) is 16.0 Å². The second-order valence-electron chi connectivity index (χ2n) is 14.8. The van der Waals surface area contributed by atoms with Crippen molar-refractivity contribution < 1.29 is 19.5 Å². The van der Waals surface area contributed by atoms with E-state index in [-0.39, 0.29) is 53.3 Å². The Morgan fingerprint density at radius 3 is 2.09 bits per heavy atom. The fourth-order valence-electron chi connectivity index (χ4n) is 10.6. The van der Waals surface area contributed by atoms with E-state index in [9.17, 15) is 19.5 Å². The summed E-state index contributed by atoms with van der Waals surface area (Å²) in [5, 5.41) is 19.8. The Labute approximate surface area is 258 Å². The van der Waals surface area contributed by atoms with Crippen LogP contribution in [0.2, 0.25) is 0 Å². The van der Waals surface area contributed by atoms with Crippen molar-refractivity contribution in [2.45, 2.75) is 116 Å². The molecule has 3 amide bonds. The highest BCUT2D eigenvalue weighted by Gasteiger charge is 2.66. The molecule has 4 saturated carbocycles. The van der Waals surface area contributed by atoms with Crippen LogP contribution < -0.4 is 33.2 Å². The molecule has 0 aromatic heterocycles. The summed E-state index contributed by atoms with van der Waals surface area (Å²) >= 11 is 0. The number of amides is 3. The van der Waals surface area contributed by atoms with Gasteiger partial charge in [-0.15, -0.1) is 0 Å². The summed E-state index contributed by atoms with van der Waals surface area (Å²) in [6.45, 7) is 8.36. The molecule has 0 bridgehead atoms. The van der Waals surface area contributed by atoms with Crippen molar-refractivity contribution in [1.29, 1.82) is 0 Å². The van der Waals surface area contributed by atoms with Gasteiger partial charge in [-0.25, -0.2) is 0 Å². The van der Waals surface area contributed by atoms with E-state index in [0.717, 1.165) is 57.8 Å². The van der Waals surface area contributed by atoms with E-state index in [1.165, 1.54) is 0 Å². The van der Waals surface area contributed by atoms with Gasteiger partial charge < -0.3 is 38.3 Å². The van der Waals surface area contributed by atoms with Gasteiger partial charge in [0.1, 0.15) is 0 Å². The second-order valence-corrected chi connectivity index (χ2v) is 14.8. The fourth-order valence-corrected chi connectivity index (χ4v) is 10.6. The lowest BCUT2D eigenvalue weighted by atomic mass is 9.42. The molecule has 10 N–H and O–H groups in total. The van der Waals surface area contributed by atoms with Crippen molar-refractivity contribution in [3.05, 3.63) is 0 Å². The predicted molar refractivity (Wildman–Crippen MR) is 168 cm³/mol. The lowest BCUT2D eigenvalue weighted by molar-refractivity contribution is -0.153. The molecular weight excluding hydrogens is 544 g/mol. The van der Waals surface area contributed by atoms with Gasteiger partial charge in [0, 0.05) is 63.6 Å². The Morgan fingerprint density at radius 1 is 0.837 bits per heavy atom. The first-order valence-corrected chi connectivity index (χ1v) is 17.1. The summed E-state index contributed by atoms with van der Waals surface area (Å²) in [4.78, 5) is 38.7. The molecule has 4 fully saturated rings. The number of fused-ring (bicyclic) bond motifs is 5. The van der Waals surface area contributed by atoms with Gasteiger partial charge in [-0.3, -0.25) is 14.4 Å². The minimum Gasteiger partial charge on any atom is -0.396 e. The number of rotatable bonds is 13. The van der Waals surface area contributed by atoms with Gasteiger partial charge in [0.15, 0.2) is 0 Å². The number of hydrogen-bond acceptors (Lipinski definition) is 7. The van der Waals surface area contributed by atoms with Crippen LogP contribution in [0, 0.1) is 46.3 Å². The van der Waals surface area contributed by atoms with Gasteiger partial charge >= 0.3 is 0 Å². The molecule has 10 heteroatoms. The minimum absolute atomic E-state index is 0.0148. The van der Waals surface area contributed by atoms with Crippen molar-refractivity contribution in [3.63, 3.8) is 0 Å². The van der Waals surface area contributed by atoms with Crippen LogP contribution >= 0.6 is 0 Å². The maximum atomic E-state index is 13.2. The molecule has 0 radical (unpaired) electrons. The van der Waals surface area contributed by atoms with E-state index in [2.05, 4.69) is 36.7 Å². The van der Waals surface area contributed by atoms with E-state index in [4.69, 9.17) is 17.2 Å². The third-order valence-electron chi connectivity index (χ3n) is 12.6. The largest absolute Gasteiger partial charge is 0.396 e. The molecule has 4 aliphatic carbocycles. The quantitative estimate of drug-likeness (QED) is 0.167. The third kappa shape index (κ3) is 6.92. The number of nitrogens with one attached hydrogen (secondary N) is 3. The van der Waals surface area contributed by atoms with Crippen molar-refractivity contribution in [2.75, 3.05) is 26.2 Å². The summed E-state index contributed by atoms with van der Waals surface area (Å²) in [5.74, 6) is 2.27. The Hall–Kier alpha value is -1.75. The Morgan fingerprint density at radius 2 is 1.47 bits per heavy atom. The molecule has 10 nitrogen and oxygen atoms in total. The van der Waals surface area contributed by atoms with Gasteiger partial charge in [0.25, 0.3) is 0 Å². The fraction of sp³-hybridized carbons (Fsp3) is 0.909. The molecule has 0 saturated heterocycles. The summed E-state index contributed by atoms with van der Waals surface area (Å²) < 4.78 is 0. The molecule has 43 heavy (non-hydrogen) atoms. The zero-order valence-corrected chi connectivity index (χ0v) is 26.9. The maximum absolute atomic E-state index is 13.2. The first kappa shape index (κ1) is 34.1. The summed E-state index contributed by atoms with van der Waals surface area (Å²) in [6.07, 6.45) is 9.53. The molecule has 4 aliphatic rings. The summed E-state index contributed by atoms with van der Waals surface area (Å²) in [6, 6.07) is 0.183. The highest BCUT2D eigenvalue weighted by Crippen LogP contribution is 2.68. The van der Waals surface area contributed by atoms with Crippen molar-refractivity contribution in [2.24, 2.45) is 63.5 Å². The normalized spacial score (nSPS) is 39.1. The van der Waals surface area contributed by atoms with Gasteiger partial charge in [-0.1, -0.05) is 20.8 Å². The average molecular weight is 605 g/mol. The predicted octanol–water partition coefficient (Wildman–Crippen LogP) is 1.77. The molecule has 0 heterocycles. The van der Waals surface area contributed by atoms with Crippen LogP contribution in [0.5, 0.6) is 0 Å². The minimum atomic E-state index is -0.117. The van der Waals surface area contributed by atoms with Crippen LogP contribution in [0.25, 0.3) is 0 Å². The smallest absolute Gasteiger partial charge is 0.221 e. The van der Waals surface area contributed by atoms with E-state index in [0.29, 0.717) is 74.4 Å². The Bertz CT molecular complexity index is 981. The average Bonchev–Trinajstić information content (AvgIpc) is 3.31. The summed E-state index contributed by atoms with van der Waals surface area (Å²) in [7, 11) is 0. The molecule has 0 aromatic carbocycles. The maximum Gasteiger partial charge on any atom is 0.221 e. The van der Waals surface area contributed by atoms with Gasteiger partial charge in [-0.2, -0.15) is 0 Å². The Kier molecular flexibility index (Phi) is 11.6. The second kappa shape index (κ2) is 14.6. The topological polar surface area (TPSA) is 186 Å². The van der Waals surface area contributed by atoms with Gasteiger partial charge in [0.2, 0.25) is 17.7 Å². The van der Waals surface area contributed by atoms with Crippen LogP contribution in [0.3, 0.4) is 0 Å². The molecule has 4 rings (SSSR count). The Balaban J connectivity index is 1.71. The van der Waals surface area contributed by atoms with Crippen LogP contribution in [0.4, 0.5) is 0 Å². The van der Waals surface area contributed by atoms with E-state index >= 15 is 0 Å². The number of aliphatic hydroxyl groups excluding tert-OH is 1. The lowest BCUT2D eigenvalue weighted by Gasteiger charge is -2.65. The van der Waals surface area contributed by atoms with E-state index in [1.54, 1.807) is 0 Å². The first-order chi connectivity index (χ1) is 20.5. The molecule has 11 atom stereocenters. The molecule has 0 aliphatic heterocycles. The third-order valence-corrected chi connectivity index (χ3v) is 12.6. The van der Waals surface area contributed by atoms with Gasteiger partial charge in [-0.05, 0) is 104 Å². The lowest BCUT2D eigenvalue weighted by Crippen LogP contribution is -2.67. The zero-order valence-electron chi connectivity index (χ0n) is 26.9. The first-order valence-electron chi connectivity index (χ1n) is 17.1. The molecule has 246 valence electrons. The van der Waals surface area contributed by atoms with Crippen molar-refractivity contribution >= 4 is 17.7 Å². The molecule has 0 aromatic rings. The van der Waals surface area contributed by atoms with E-state index in [1.807, 2.05) is 0 Å². The number of nitrogens with two attached hydrogens (primary N) is 3. The molecular formula is C33H60N6O4. The van der Waals surface area contributed by atoms with Crippen molar-refractivity contribution in [3.8, 4) is 0 Å². The zero-order chi connectivity index (χ0) is 31.4. The number of aliphatic hydroxyl groups is 1. The van der Waals surface area contributed by atoms with Crippen LogP contribution in [0.1, 0.15) is 97.8 Å². The standard InChI is InChI=1S/C33H60N6O4/c1-20(5-4-16-40)23-6-7-24-31-25(19-27(33(23,24)3)39-30(43)11-15-36)32(2)12-8-22(37-28(41)9-13-34)17-21(32)18-26(31)38-29(42)10-14-35/h20-27,31,40H,4-19,34-36H2,1-3H3,(H,37,41)(H,38,42)(H,39,43)/t20-,21?,22?,23?,24+,25+,26-,27?,31?,32?,33?/m1/s1.